The standard InChI is InChI=1S/C22H18O/c1-16-9-5-7-13-19(16)22(17-10-3-2-4-11-17)21-15-18-12-6-8-14-20(18)23-21/h2-15,22H,1H3. The van der Waals surface area contributed by atoms with Crippen molar-refractivity contribution in [1.82, 2.24) is 0 Å². The molecular formula is C22H18O. The van der Waals surface area contributed by atoms with E-state index in [1.54, 1.807) is 0 Å². The van der Waals surface area contributed by atoms with Gasteiger partial charge in [0.1, 0.15) is 11.3 Å². The van der Waals surface area contributed by atoms with Crippen molar-refractivity contribution in [3.8, 4) is 0 Å². The molecule has 0 spiro atoms. The predicted molar refractivity (Wildman–Crippen MR) is 94.8 cm³/mol. The Morgan fingerprint density at radius 1 is 0.739 bits per heavy atom. The lowest BCUT2D eigenvalue weighted by atomic mass is 9.86. The first-order valence-corrected chi connectivity index (χ1v) is 7.92. The van der Waals surface area contributed by atoms with Crippen molar-refractivity contribution in [2.24, 2.45) is 0 Å². The van der Waals surface area contributed by atoms with E-state index in [1.807, 2.05) is 18.2 Å². The molecule has 0 saturated carbocycles. The molecule has 1 heteroatoms. The molecule has 1 atom stereocenters. The van der Waals surface area contributed by atoms with Crippen LogP contribution in [0.4, 0.5) is 0 Å². The Balaban J connectivity index is 1.93. The summed E-state index contributed by atoms with van der Waals surface area (Å²) in [7, 11) is 0. The van der Waals surface area contributed by atoms with Gasteiger partial charge in [0.2, 0.25) is 0 Å². The Kier molecular flexibility index (Phi) is 3.47. The average molecular weight is 298 g/mol. The molecule has 0 bridgehead atoms. The van der Waals surface area contributed by atoms with Gasteiger partial charge in [0, 0.05) is 5.39 Å². The second-order valence-electron chi connectivity index (χ2n) is 5.89. The molecule has 0 fully saturated rings. The van der Waals surface area contributed by atoms with Crippen LogP contribution >= 0.6 is 0 Å². The number of fused-ring (bicyclic) bond motifs is 1. The Morgan fingerprint density at radius 3 is 2.22 bits per heavy atom. The minimum absolute atomic E-state index is 0.116. The van der Waals surface area contributed by atoms with Crippen molar-refractivity contribution in [1.29, 1.82) is 0 Å². The lowest BCUT2D eigenvalue weighted by molar-refractivity contribution is 0.541. The predicted octanol–water partition coefficient (Wildman–Crippen LogP) is 5.92. The van der Waals surface area contributed by atoms with Gasteiger partial charge in [0.15, 0.2) is 0 Å². The van der Waals surface area contributed by atoms with Crippen molar-refractivity contribution in [3.63, 3.8) is 0 Å². The fourth-order valence-corrected chi connectivity index (χ4v) is 3.20. The number of furan rings is 1. The van der Waals surface area contributed by atoms with Gasteiger partial charge in [0.25, 0.3) is 0 Å². The lowest BCUT2D eigenvalue weighted by Gasteiger charge is -2.18. The first-order chi connectivity index (χ1) is 11.3. The van der Waals surface area contributed by atoms with Gasteiger partial charge in [-0.25, -0.2) is 0 Å². The van der Waals surface area contributed by atoms with E-state index in [0.29, 0.717) is 0 Å². The van der Waals surface area contributed by atoms with Crippen LogP contribution in [0.15, 0.2) is 89.3 Å². The minimum atomic E-state index is 0.116. The van der Waals surface area contributed by atoms with E-state index in [4.69, 9.17) is 4.42 Å². The lowest BCUT2D eigenvalue weighted by Crippen LogP contribution is -2.04. The number of hydrogen-bond acceptors (Lipinski definition) is 1. The second-order valence-corrected chi connectivity index (χ2v) is 5.89. The maximum Gasteiger partial charge on any atom is 0.134 e. The van der Waals surface area contributed by atoms with E-state index >= 15 is 0 Å². The third-order valence-electron chi connectivity index (χ3n) is 4.36. The molecule has 0 saturated heterocycles. The zero-order chi connectivity index (χ0) is 15.6. The molecule has 0 N–H and O–H groups in total. The number of aryl methyl sites for hydroxylation is 1. The summed E-state index contributed by atoms with van der Waals surface area (Å²) in [6.07, 6.45) is 0. The van der Waals surface area contributed by atoms with Crippen LogP contribution in [0.3, 0.4) is 0 Å². The fraction of sp³-hybridized carbons (Fsp3) is 0.0909. The summed E-state index contributed by atoms with van der Waals surface area (Å²) >= 11 is 0. The van der Waals surface area contributed by atoms with Crippen molar-refractivity contribution in [2.75, 3.05) is 0 Å². The number of benzene rings is 3. The molecular weight excluding hydrogens is 280 g/mol. The van der Waals surface area contributed by atoms with Crippen LogP contribution < -0.4 is 0 Å². The number of para-hydroxylation sites is 1. The Hall–Kier alpha value is -2.80. The maximum absolute atomic E-state index is 6.19. The third kappa shape index (κ3) is 2.55. The normalized spacial score (nSPS) is 12.4. The molecule has 0 aliphatic heterocycles. The summed E-state index contributed by atoms with van der Waals surface area (Å²) in [5.74, 6) is 1.11. The molecule has 0 aliphatic carbocycles. The summed E-state index contributed by atoms with van der Waals surface area (Å²) < 4.78 is 6.19. The molecule has 0 amide bonds. The smallest absolute Gasteiger partial charge is 0.134 e. The largest absolute Gasteiger partial charge is 0.460 e. The first-order valence-electron chi connectivity index (χ1n) is 7.92. The molecule has 3 aromatic carbocycles. The van der Waals surface area contributed by atoms with E-state index in [1.165, 1.54) is 16.7 Å². The molecule has 23 heavy (non-hydrogen) atoms. The number of hydrogen-bond donors (Lipinski definition) is 0. The van der Waals surface area contributed by atoms with Gasteiger partial charge in [0.05, 0.1) is 5.92 Å². The monoisotopic (exact) mass is 298 g/mol. The molecule has 112 valence electrons. The van der Waals surface area contributed by atoms with Gasteiger partial charge < -0.3 is 4.42 Å². The third-order valence-corrected chi connectivity index (χ3v) is 4.36. The van der Waals surface area contributed by atoms with Crippen LogP contribution in [0, 0.1) is 6.92 Å². The average Bonchev–Trinajstić information content (AvgIpc) is 3.01. The van der Waals surface area contributed by atoms with Crippen molar-refractivity contribution < 1.29 is 4.42 Å². The SMILES string of the molecule is Cc1ccccc1C(c1ccccc1)c1cc2ccccc2o1. The zero-order valence-corrected chi connectivity index (χ0v) is 13.1. The van der Waals surface area contributed by atoms with E-state index in [9.17, 15) is 0 Å². The summed E-state index contributed by atoms with van der Waals surface area (Å²) in [5.41, 5.74) is 4.76. The minimum Gasteiger partial charge on any atom is -0.460 e. The maximum atomic E-state index is 6.19. The summed E-state index contributed by atoms with van der Waals surface area (Å²) in [4.78, 5) is 0. The van der Waals surface area contributed by atoms with Gasteiger partial charge in [-0.05, 0) is 35.7 Å². The number of rotatable bonds is 3. The topological polar surface area (TPSA) is 13.1 Å². The van der Waals surface area contributed by atoms with Crippen molar-refractivity contribution in [2.45, 2.75) is 12.8 Å². The molecule has 0 aliphatic rings. The van der Waals surface area contributed by atoms with Crippen molar-refractivity contribution >= 4 is 11.0 Å². The van der Waals surface area contributed by atoms with Gasteiger partial charge in [-0.1, -0.05) is 72.8 Å². The zero-order valence-electron chi connectivity index (χ0n) is 13.1. The highest BCUT2D eigenvalue weighted by Gasteiger charge is 2.22. The van der Waals surface area contributed by atoms with Gasteiger partial charge in [-0.15, -0.1) is 0 Å². The molecule has 0 radical (unpaired) electrons. The highest BCUT2D eigenvalue weighted by Crippen LogP contribution is 2.36. The van der Waals surface area contributed by atoms with E-state index < -0.39 is 0 Å². The highest BCUT2D eigenvalue weighted by atomic mass is 16.3. The Bertz CT molecular complexity index is 901. The van der Waals surface area contributed by atoms with Crippen LogP contribution in [0.5, 0.6) is 0 Å². The molecule has 1 nitrogen and oxygen atoms in total. The van der Waals surface area contributed by atoms with Crippen LogP contribution in [0.1, 0.15) is 28.4 Å². The van der Waals surface area contributed by atoms with Crippen LogP contribution in [-0.4, -0.2) is 0 Å². The van der Waals surface area contributed by atoms with Gasteiger partial charge in [-0.2, -0.15) is 0 Å². The Labute approximate surface area is 136 Å². The van der Waals surface area contributed by atoms with E-state index in [2.05, 4.69) is 73.7 Å². The summed E-state index contributed by atoms with van der Waals surface area (Å²) in [6, 6.07) is 29.5. The molecule has 1 aromatic heterocycles. The Morgan fingerprint density at radius 2 is 1.43 bits per heavy atom. The van der Waals surface area contributed by atoms with Gasteiger partial charge in [-0.3, -0.25) is 0 Å². The van der Waals surface area contributed by atoms with Crippen molar-refractivity contribution in [3.05, 3.63) is 107 Å². The fourth-order valence-electron chi connectivity index (χ4n) is 3.20. The summed E-state index contributed by atoms with van der Waals surface area (Å²) in [6.45, 7) is 2.16. The highest BCUT2D eigenvalue weighted by molar-refractivity contribution is 5.78. The molecule has 4 rings (SSSR count). The van der Waals surface area contributed by atoms with E-state index in [0.717, 1.165) is 16.7 Å². The summed E-state index contributed by atoms with van der Waals surface area (Å²) in [5, 5.41) is 1.15. The van der Waals surface area contributed by atoms with Crippen LogP contribution in [0.25, 0.3) is 11.0 Å². The van der Waals surface area contributed by atoms with Crippen LogP contribution in [-0.2, 0) is 0 Å². The van der Waals surface area contributed by atoms with Gasteiger partial charge >= 0.3 is 0 Å². The molecule has 4 aromatic rings. The molecule has 1 unspecified atom stereocenters. The first kappa shape index (κ1) is 13.8. The van der Waals surface area contributed by atoms with E-state index in [-0.39, 0.29) is 5.92 Å². The van der Waals surface area contributed by atoms with Crippen LogP contribution in [0.2, 0.25) is 0 Å². The molecule has 1 heterocycles. The quantitative estimate of drug-likeness (QED) is 0.457. The second kappa shape index (κ2) is 5.77.